The summed E-state index contributed by atoms with van der Waals surface area (Å²) in [7, 11) is 0. The van der Waals surface area contributed by atoms with E-state index in [4.69, 9.17) is 10.5 Å². The minimum absolute atomic E-state index is 0.0227. The third kappa shape index (κ3) is 6.19. The van der Waals surface area contributed by atoms with Gasteiger partial charge < -0.3 is 15.8 Å². The number of carbonyl (C=O) groups excluding carboxylic acids is 1. The smallest absolute Gasteiger partial charge is 0.307 e. The van der Waals surface area contributed by atoms with Crippen molar-refractivity contribution < 1.29 is 9.53 Å². The number of hydrogen-bond acceptors (Lipinski definition) is 4. The Bertz CT molecular complexity index is 448. The normalized spacial score (nSPS) is 31.7. The Morgan fingerprint density at radius 2 is 1.70 bits per heavy atom. The molecule has 160 valence electrons. The number of ether oxygens (including phenoxy) is 1. The van der Waals surface area contributed by atoms with Gasteiger partial charge in [0.2, 0.25) is 0 Å². The third-order valence-corrected chi connectivity index (χ3v) is 7.70. The standard InChI is InChI=1S/C21H40N2O2.C2H6/c1-15-11-18(21(4,5)20(15,2)3)25-19(24)9-10-23-14-17-8-6-7-16(12-17)13-22;1-2/h15-18,23H,6-14,22H2,1-5H3;1-2H3. The largest absolute Gasteiger partial charge is 0.462 e. The van der Waals surface area contributed by atoms with Crippen LogP contribution in [-0.4, -0.2) is 31.7 Å². The van der Waals surface area contributed by atoms with Crippen molar-refractivity contribution in [2.24, 2.45) is 34.3 Å². The highest BCUT2D eigenvalue weighted by molar-refractivity contribution is 5.69. The van der Waals surface area contributed by atoms with Crippen LogP contribution in [0, 0.1) is 28.6 Å². The van der Waals surface area contributed by atoms with Gasteiger partial charge in [-0.3, -0.25) is 4.79 Å². The molecule has 4 nitrogen and oxygen atoms in total. The first-order valence-electron chi connectivity index (χ1n) is 11.3. The Balaban J connectivity index is 0.00000176. The fourth-order valence-corrected chi connectivity index (χ4v) is 4.67. The molecule has 2 aliphatic carbocycles. The van der Waals surface area contributed by atoms with E-state index in [0.29, 0.717) is 30.7 Å². The Hall–Kier alpha value is -0.610. The molecule has 0 amide bonds. The van der Waals surface area contributed by atoms with E-state index in [1.54, 1.807) is 0 Å². The van der Waals surface area contributed by atoms with Gasteiger partial charge in [-0.1, -0.05) is 54.9 Å². The zero-order valence-electron chi connectivity index (χ0n) is 19.1. The molecular weight excluding hydrogens is 336 g/mol. The van der Waals surface area contributed by atoms with Crippen molar-refractivity contribution in [3.05, 3.63) is 0 Å². The van der Waals surface area contributed by atoms with Crippen LogP contribution in [0.5, 0.6) is 0 Å². The number of hydrogen-bond donors (Lipinski definition) is 2. The summed E-state index contributed by atoms with van der Waals surface area (Å²) in [6.45, 7) is 17.9. The average Bonchev–Trinajstić information content (AvgIpc) is 2.80. The topological polar surface area (TPSA) is 64.3 Å². The van der Waals surface area contributed by atoms with Crippen molar-refractivity contribution in [1.82, 2.24) is 5.32 Å². The van der Waals surface area contributed by atoms with Gasteiger partial charge in [0.05, 0.1) is 6.42 Å². The molecule has 0 spiro atoms. The summed E-state index contributed by atoms with van der Waals surface area (Å²) in [4.78, 5) is 12.3. The van der Waals surface area contributed by atoms with Crippen LogP contribution in [0.4, 0.5) is 0 Å². The molecule has 0 aromatic heterocycles. The monoisotopic (exact) mass is 382 g/mol. The first kappa shape index (κ1) is 24.4. The van der Waals surface area contributed by atoms with Crippen molar-refractivity contribution in [3.63, 3.8) is 0 Å². The lowest BCUT2D eigenvalue weighted by atomic mass is 9.67. The van der Waals surface area contributed by atoms with E-state index in [1.807, 2.05) is 13.8 Å². The van der Waals surface area contributed by atoms with Gasteiger partial charge in [-0.15, -0.1) is 0 Å². The fraction of sp³-hybridized carbons (Fsp3) is 0.957. The van der Waals surface area contributed by atoms with Crippen molar-refractivity contribution in [3.8, 4) is 0 Å². The molecule has 3 N–H and O–H groups in total. The summed E-state index contributed by atoms with van der Waals surface area (Å²) in [5.41, 5.74) is 6.02. The van der Waals surface area contributed by atoms with Crippen LogP contribution in [0.25, 0.3) is 0 Å². The van der Waals surface area contributed by atoms with Crippen molar-refractivity contribution in [2.45, 2.75) is 93.1 Å². The Labute approximate surface area is 168 Å². The molecule has 27 heavy (non-hydrogen) atoms. The first-order valence-corrected chi connectivity index (χ1v) is 11.3. The number of esters is 1. The summed E-state index contributed by atoms with van der Waals surface area (Å²) in [5, 5.41) is 3.46. The molecule has 2 aliphatic rings. The highest BCUT2D eigenvalue weighted by Crippen LogP contribution is 2.56. The molecule has 0 aromatic rings. The average molecular weight is 383 g/mol. The summed E-state index contributed by atoms with van der Waals surface area (Å²) in [6.07, 6.45) is 6.57. The number of nitrogens with one attached hydrogen (secondary N) is 1. The van der Waals surface area contributed by atoms with E-state index in [9.17, 15) is 4.79 Å². The highest BCUT2D eigenvalue weighted by atomic mass is 16.5. The van der Waals surface area contributed by atoms with Gasteiger partial charge in [0.1, 0.15) is 6.10 Å². The van der Waals surface area contributed by atoms with Gasteiger partial charge in [0.25, 0.3) is 0 Å². The van der Waals surface area contributed by atoms with Crippen LogP contribution < -0.4 is 11.1 Å². The number of nitrogens with two attached hydrogens (primary N) is 1. The molecule has 0 saturated heterocycles. The van der Waals surface area contributed by atoms with E-state index in [0.717, 1.165) is 19.5 Å². The second-order valence-corrected chi connectivity index (χ2v) is 9.65. The molecule has 2 saturated carbocycles. The minimum Gasteiger partial charge on any atom is -0.462 e. The molecule has 4 unspecified atom stereocenters. The van der Waals surface area contributed by atoms with Gasteiger partial charge in [-0.25, -0.2) is 0 Å². The zero-order chi connectivity index (χ0) is 20.7. The van der Waals surface area contributed by atoms with Gasteiger partial charge in [0.15, 0.2) is 0 Å². The van der Waals surface area contributed by atoms with Crippen molar-refractivity contribution in [2.75, 3.05) is 19.6 Å². The molecule has 0 radical (unpaired) electrons. The molecule has 2 fully saturated rings. The Kier molecular flexibility index (Phi) is 9.77. The molecular formula is C23H46N2O2. The second kappa shape index (κ2) is 10.8. The van der Waals surface area contributed by atoms with E-state index >= 15 is 0 Å². The summed E-state index contributed by atoms with van der Waals surface area (Å²) >= 11 is 0. The van der Waals surface area contributed by atoms with E-state index in [2.05, 4.69) is 39.9 Å². The van der Waals surface area contributed by atoms with E-state index in [1.165, 1.54) is 25.7 Å². The Morgan fingerprint density at radius 1 is 1.07 bits per heavy atom. The summed E-state index contributed by atoms with van der Waals surface area (Å²) in [5.74, 6) is 1.92. The zero-order valence-corrected chi connectivity index (χ0v) is 19.1. The van der Waals surface area contributed by atoms with Crippen molar-refractivity contribution in [1.29, 1.82) is 0 Å². The van der Waals surface area contributed by atoms with Crippen LogP contribution in [-0.2, 0) is 9.53 Å². The fourth-order valence-electron chi connectivity index (χ4n) is 4.67. The van der Waals surface area contributed by atoms with Gasteiger partial charge in [0, 0.05) is 12.0 Å². The number of rotatable bonds is 7. The predicted molar refractivity (Wildman–Crippen MR) is 115 cm³/mol. The molecule has 0 heterocycles. The molecule has 2 rings (SSSR count). The quantitative estimate of drug-likeness (QED) is 0.492. The maximum atomic E-state index is 12.3. The molecule has 0 aliphatic heterocycles. The van der Waals surface area contributed by atoms with Crippen molar-refractivity contribution >= 4 is 5.97 Å². The third-order valence-electron chi connectivity index (χ3n) is 7.70. The van der Waals surface area contributed by atoms with Gasteiger partial charge in [-0.05, 0) is 61.9 Å². The lowest BCUT2D eigenvalue weighted by Gasteiger charge is -2.40. The van der Waals surface area contributed by atoms with Crippen LogP contribution >= 0.6 is 0 Å². The minimum atomic E-state index is -0.0565. The molecule has 0 bridgehead atoms. The SMILES string of the molecule is CC.CC1CC(OC(=O)CCNCC2CCCC(CN)C2)C(C)(C)C1(C)C. The maximum Gasteiger partial charge on any atom is 0.307 e. The highest BCUT2D eigenvalue weighted by Gasteiger charge is 2.54. The second-order valence-electron chi connectivity index (χ2n) is 9.65. The van der Waals surface area contributed by atoms with Crippen LogP contribution in [0.2, 0.25) is 0 Å². The Morgan fingerprint density at radius 3 is 2.26 bits per heavy atom. The summed E-state index contributed by atoms with van der Waals surface area (Å²) in [6, 6.07) is 0. The van der Waals surface area contributed by atoms with Crippen LogP contribution in [0.3, 0.4) is 0 Å². The van der Waals surface area contributed by atoms with Crippen LogP contribution in [0.1, 0.15) is 87.0 Å². The molecule has 4 atom stereocenters. The van der Waals surface area contributed by atoms with Gasteiger partial charge in [-0.2, -0.15) is 0 Å². The van der Waals surface area contributed by atoms with Gasteiger partial charge >= 0.3 is 5.97 Å². The molecule has 4 heteroatoms. The maximum absolute atomic E-state index is 12.3. The lowest BCUT2D eigenvalue weighted by Crippen LogP contribution is -2.39. The van der Waals surface area contributed by atoms with E-state index in [-0.39, 0.29) is 22.9 Å². The van der Waals surface area contributed by atoms with E-state index < -0.39 is 0 Å². The number of carbonyl (C=O) groups is 1. The summed E-state index contributed by atoms with van der Waals surface area (Å²) < 4.78 is 5.86. The predicted octanol–water partition coefficient (Wildman–Crippen LogP) is 4.76. The lowest BCUT2D eigenvalue weighted by molar-refractivity contribution is -0.155. The van der Waals surface area contributed by atoms with Crippen LogP contribution in [0.15, 0.2) is 0 Å². The first-order chi connectivity index (χ1) is 12.7. The molecule has 0 aromatic carbocycles.